The zero-order valence-electron chi connectivity index (χ0n) is 11.9. The smallest absolute Gasteiger partial charge is 0.275 e. The lowest BCUT2D eigenvalue weighted by Crippen LogP contribution is -2.42. The Morgan fingerprint density at radius 1 is 1.43 bits per heavy atom. The Bertz CT molecular complexity index is 652. The minimum Gasteiger partial charge on any atom is -0.399 e. The van der Waals surface area contributed by atoms with Gasteiger partial charge in [0.25, 0.3) is 5.91 Å². The van der Waals surface area contributed by atoms with E-state index in [1.165, 1.54) is 0 Å². The third-order valence-corrected chi connectivity index (χ3v) is 4.14. The first-order valence-electron chi connectivity index (χ1n) is 7.36. The molecule has 1 aliphatic heterocycles. The normalized spacial score (nSPS) is 19.7. The fourth-order valence-electron chi connectivity index (χ4n) is 2.97. The molecule has 2 aromatic rings. The van der Waals surface area contributed by atoms with Crippen LogP contribution in [0.15, 0.2) is 18.2 Å². The van der Waals surface area contributed by atoms with Crippen LogP contribution in [-0.2, 0) is 0 Å². The van der Waals surface area contributed by atoms with Crippen LogP contribution in [0.1, 0.15) is 36.2 Å². The summed E-state index contributed by atoms with van der Waals surface area (Å²) >= 11 is 0. The van der Waals surface area contributed by atoms with Gasteiger partial charge < -0.3 is 15.7 Å². The maximum absolute atomic E-state index is 12.8. The minimum absolute atomic E-state index is 0.00374. The molecule has 1 aromatic carbocycles. The quantitative estimate of drug-likeness (QED) is 0.730. The highest BCUT2D eigenvalue weighted by atomic mass is 16.3. The summed E-state index contributed by atoms with van der Waals surface area (Å²) in [6, 6.07) is 5.24. The summed E-state index contributed by atoms with van der Waals surface area (Å²) in [6.07, 6.45) is 3.94. The lowest BCUT2D eigenvalue weighted by Gasteiger charge is -2.28. The molecular formula is C15H20N4O2. The number of amides is 1. The fourth-order valence-corrected chi connectivity index (χ4v) is 2.97. The molecule has 21 heavy (non-hydrogen) atoms. The van der Waals surface area contributed by atoms with Crippen molar-refractivity contribution in [3.8, 4) is 0 Å². The van der Waals surface area contributed by atoms with Crippen molar-refractivity contribution in [2.75, 3.05) is 18.9 Å². The minimum atomic E-state index is -0.132. The number of H-pyrrole nitrogens is 1. The average molecular weight is 288 g/mol. The van der Waals surface area contributed by atoms with Gasteiger partial charge >= 0.3 is 0 Å². The molecule has 1 fully saturated rings. The van der Waals surface area contributed by atoms with Gasteiger partial charge in [-0.25, -0.2) is 0 Å². The number of benzene rings is 1. The van der Waals surface area contributed by atoms with Crippen LogP contribution >= 0.6 is 0 Å². The zero-order valence-corrected chi connectivity index (χ0v) is 11.9. The van der Waals surface area contributed by atoms with E-state index in [-0.39, 0.29) is 18.6 Å². The molecule has 0 spiro atoms. The van der Waals surface area contributed by atoms with E-state index in [1.54, 1.807) is 17.0 Å². The molecule has 0 radical (unpaired) electrons. The molecular weight excluding hydrogens is 268 g/mol. The second-order valence-electron chi connectivity index (χ2n) is 5.56. The van der Waals surface area contributed by atoms with Gasteiger partial charge in [0.2, 0.25) is 0 Å². The maximum Gasteiger partial charge on any atom is 0.275 e. The summed E-state index contributed by atoms with van der Waals surface area (Å²) in [5.41, 5.74) is 7.59. The SMILES string of the molecule is Nc1ccc2[nH]nc(C(=O)N3CCCCCC3CO)c2c1. The van der Waals surface area contributed by atoms with Crippen LogP contribution in [0.5, 0.6) is 0 Å². The van der Waals surface area contributed by atoms with E-state index in [4.69, 9.17) is 5.73 Å². The highest BCUT2D eigenvalue weighted by Crippen LogP contribution is 2.23. The summed E-state index contributed by atoms with van der Waals surface area (Å²) in [5, 5.41) is 17.3. The van der Waals surface area contributed by atoms with Crippen molar-refractivity contribution in [3.63, 3.8) is 0 Å². The first-order valence-corrected chi connectivity index (χ1v) is 7.36. The Labute approximate surface area is 122 Å². The van der Waals surface area contributed by atoms with Crippen LogP contribution in [0.2, 0.25) is 0 Å². The van der Waals surface area contributed by atoms with E-state index in [9.17, 15) is 9.90 Å². The molecule has 0 saturated carbocycles. The summed E-state index contributed by atoms with van der Waals surface area (Å²) in [7, 11) is 0. The van der Waals surface area contributed by atoms with Gasteiger partial charge in [-0.3, -0.25) is 9.89 Å². The standard InChI is InChI=1S/C15H20N4O2/c16-10-5-6-13-12(8-10)14(18-17-13)15(21)19-7-3-1-2-4-11(19)9-20/h5-6,8,11,20H,1-4,7,9,16H2,(H,17,18). The van der Waals surface area contributed by atoms with Crippen molar-refractivity contribution in [2.24, 2.45) is 0 Å². The van der Waals surface area contributed by atoms with Crippen LogP contribution < -0.4 is 5.73 Å². The van der Waals surface area contributed by atoms with Crippen molar-refractivity contribution >= 4 is 22.5 Å². The topological polar surface area (TPSA) is 95.2 Å². The Hall–Kier alpha value is -2.08. The molecule has 6 nitrogen and oxygen atoms in total. The number of aliphatic hydroxyl groups is 1. The first kappa shape index (κ1) is 13.9. The average Bonchev–Trinajstić information content (AvgIpc) is 2.75. The monoisotopic (exact) mass is 288 g/mol. The van der Waals surface area contributed by atoms with Gasteiger partial charge in [-0.1, -0.05) is 12.8 Å². The molecule has 1 aliphatic rings. The van der Waals surface area contributed by atoms with Crippen molar-refractivity contribution in [1.82, 2.24) is 15.1 Å². The first-order chi connectivity index (χ1) is 10.2. The molecule has 1 saturated heterocycles. The van der Waals surface area contributed by atoms with E-state index < -0.39 is 0 Å². The van der Waals surface area contributed by atoms with Crippen molar-refractivity contribution in [2.45, 2.75) is 31.7 Å². The number of carbonyl (C=O) groups is 1. The van der Waals surface area contributed by atoms with E-state index in [2.05, 4.69) is 10.2 Å². The summed E-state index contributed by atoms with van der Waals surface area (Å²) in [5.74, 6) is -0.132. The van der Waals surface area contributed by atoms with Gasteiger partial charge in [-0.2, -0.15) is 5.10 Å². The molecule has 0 bridgehead atoms. The molecule has 112 valence electrons. The number of hydrogen-bond donors (Lipinski definition) is 3. The summed E-state index contributed by atoms with van der Waals surface area (Å²) in [6.45, 7) is 0.664. The van der Waals surface area contributed by atoms with Gasteiger partial charge in [0, 0.05) is 17.6 Å². The number of nitrogen functional groups attached to an aromatic ring is 1. The molecule has 3 rings (SSSR count). The lowest BCUT2D eigenvalue weighted by molar-refractivity contribution is 0.0596. The highest BCUT2D eigenvalue weighted by Gasteiger charge is 2.28. The highest BCUT2D eigenvalue weighted by molar-refractivity contribution is 6.05. The number of likely N-dealkylation sites (tertiary alicyclic amines) is 1. The third-order valence-electron chi connectivity index (χ3n) is 4.14. The Morgan fingerprint density at radius 3 is 3.10 bits per heavy atom. The van der Waals surface area contributed by atoms with Gasteiger partial charge in [-0.15, -0.1) is 0 Å². The zero-order chi connectivity index (χ0) is 14.8. The molecule has 1 atom stereocenters. The molecule has 2 heterocycles. The van der Waals surface area contributed by atoms with E-state index in [1.807, 2.05) is 6.07 Å². The number of nitrogens with zero attached hydrogens (tertiary/aromatic N) is 2. The van der Waals surface area contributed by atoms with Crippen LogP contribution in [-0.4, -0.2) is 45.3 Å². The summed E-state index contributed by atoms with van der Waals surface area (Å²) < 4.78 is 0. The molecule has 1 unspecified atom stereocenters. The van der Waals surface area contributed by atoms with Crippen LogP contribution in [0.3, 0.4) is 0 Å². The molecule has 1 amide bonds. The molecule has 4 N–H and O–H groups in total. The number of nitrogens with two attached hydrogens (primary N) is 1. The number of rotatable bonds is 2. The number of aromatic amines is 1. The second-order valence-corrected chi connectivity index (χ2v) is 5.56. The van der Waals surface area contributed by atoms with E-state index in [0.717, 1.165) is 36.6 Å². The van der Waals surface area contributed by atoms with Crippen molar-refractivity contribution in [1.29, 1.82) is 0 Å². The number of carbonyl (C=O) groups excluding carboxylic acids is 1. The van der Waals surface area contributed by atoms with Crippen molar-refractivity contribution < 1.29 is 9.90 Å². The number of aromatic nitrogens is 2. The lowest BCUT2D eigenvalue weighted by atomic mass is 10.1. The summed E-state index contributed by atoms with van der Waals surface area (Å²) in [4.78, 5) is 14.6. The fraction of sp³-hybridized carbons (Fsp3) is 0.467. The largest absolute Gasteiger partial charge is 0.399 e. The number of hydrogen-bond acceptors (Lipinski definition) is 4. The number of aliphatic hydroxyl groups excluding tert-OH is 1. The van der Waals surface area contributed by atoms with Gasteiger partial charge in [0.05, 0.1) is 18.2 Å². The Balaban J connectivity index is 1.96. The van der Waals surface area contributed by atoms with E-state index in [0.29, 0.717) is 17.9 Å². The van der Waals surface area contributed by atoms with Gasteiger partial charge in [0.1, 0.15) is 0 Å². The molecule has 6 heteroatoms. The van der Waals surface area contributed by atoms with Crippen LogP contribution in [0, 0.1) is 0 Å². The second kappa shape index (κ2) is 5.73. The number of nitrogens with one attached hydrogen (secondary N) is 1. The Kier molecular flexibility index (Phi) is 3.79. The van der Waals surface area contributed by atoms with Crippen LogP contribution in [0.4, 0.5) is 5.69 Å². The van der Waals surface area contributed by atoms with Gasteiger partial charge in [0.15, 0.2) is 5.69 Å². The maximum atomic E-state index is 12.8. The number of fused-ring (bicyclic) bond motifs is 1. The number of anilines is 1. The van der Waals surface area contributed by atoms with Crippen LogP contribution in [0.25, 0.3) is 10.9 Å². The molecule has 1 aromatic heterocycles. The molecule has 0 aliphatic carbocycles. The van der Waals surface area contributed by atoms with Gasteiger partial charge in [-0.05, 0) is 31.0 Å². The third kappa shape index (κ3) is 2.58. The van der Waals surface area contributed by atoms with E-state index >= 15 is 0 Å². The Morgan fingerprint density at radius 2 is 2.29 bits per heavy atom. The predicted octanol–water partition coefficient (Wildman–Crippen LogP) is 1.52. The van der Waals surface area contributed by atoms with Crippen molar-refractivity contribution in [3.05, 3.63) is 23.9 Å². The predicted molar refractivity (Wildman–Crippen MR) is 80.9 cm³/mol.